The lowest BCUT2D eigenvalue weighted by molar-refractivity contribution is -0.274. The van der Waals surface area contributed by atoms with E-state index in [1.807, 2.05) is 0 Å². The summed E-state index contributed by atoms with van der Waals surface area (Å²) >= 11 is 0. The lowest BCUT2D eigenvalue weighted by Gasteiger charge is -2.28. The number of hydrogen-bond acceptors (Lipinski definition) is 4. The van der Waals surface area contributed by atoms with E-state index < -0.39 is 17.9 Å². The fraction of sp³-hybridized carbons (Fsp3) is 0.333. The van der Waals surface area contributed by atoms with Crippen LogP contribution in [0.3, 0.4) is 0 Å². The van der Waals surface area contributed by atoms with Crippen molar-refractivity contribution >= 4 is 11.7 Å². The first kappa shape index (κ1) is 22.8. The fourth-order valence-corrected chi connectivity index (χ4v) is 4.00. The van der Waals surface area contributed by atoms with E-state index in [1.54, 1.807) is 42.1 Å². The Balaban J connectivity index is 1.67. The highest BCUT2D eigenvalue weighted by Crippen LogP contribution is 2.45. The first-order chi connectivity index (χ1) is 15.6. The summed E-state index contributed by atoms with van der Waals surface area (Å²) in [6.45, 7) is 1.42. The van der Waals surface area contributed by atoms with E-state index in [4.69, 9.17) is 0 Å². The van der Waals surface area contributed by atoms with E-state index in [9.17, 15) is 23.1 Å². The molecular formula is C24H24F3N3O3. The van der Waals surface area contributed by atoms with Crippen molar-refractivity contribution in [1.29, 1.82) is 0 Å². The molecule has 0 bridgehead atoms. The number of hydrogen-bond donors (Lipinski definition) is 2. The molecule has 3 aromatic rings. The minimum absolute atomic E-state index is 0.150. The second-order valence-electron chi connectivity index (χ2n) is 8.33. The summed E-state index contributed by atoms with van der Waals surface area (Å²) in [7, 11) is 1.71. The second kappa shape index (κ2) is 8.55. The number of anilines is 1. The molecule has 0 saturated heterocycles. The Morgan fingerprint density at radius 2 is 1.76 bits per heavy atom. The number of aryl methyl sites for hydroxylation is 1. The molecule has 174 valence electrons. The van der Waals surface area contributed by atoms with Crippen LogP contribution in [0.5, 0.6) is 5.75 Å². The normalized spacial score (nSPS) is 16.1. The van der Waals surface area contributed by atoms with Crippen molar-refractivity contribution in [3.8, 4) is 17.0 Å². The van der Waals surface area contributed by atoms with E-state index in [-0.39, 0.29) is 11.7 Å². The van der Waals surface area contributed by atoms with E-state index in [2.05, 4.69) is 15.2 Å². The largest absolute Gasteiger partial charge is 0.573 e. The SMILES string of the molecule is Cn1nc(NC(=O)C(C)(O)c2ccccc2)c(C2CCC2)c1-c1ccc(OC(F)(F)F)cc1. The quantitative estimate of drug-likeness (QED) is 0.538. The maximum atomic E-state index is 13.0. The minimum atomic E-state index is -4.77. The third kappa shape index (κ3) is 4.73. The predicted molar refractivity (Wildman–Crippen MR) is 117 cm³/mol. The molecule has 33 heavy (non-hydrogen) atoms. The second-order valence-corrected chi connectivity index (χ2v) is 8.33. The Morgan fingerprint density at radius 3 is 2.30 bits per heavy atom. The van der Waals surface area contributed by atoms with Gasteiger partial charge in [-0.05, 0) is 55.5 Å². The summed E-state index contributed by atoms with van der Waals surface area (Å²) in [6.07, 6.45) is -1.91. The molecule has 1 aromatic heterocycles. The van der Waals surface area contributed by atoms with Crippen LogP contribution in [0.1, 0.15) is 43.2 Å². The molecule has 1 atom stereocenters. The van der Waals surface area contributed by atoms with Gasteiger partial charge in [-0.3, -0.25) is 9.48 Å². The highest BCUT2D eigenvalue weighted by atomic mass is 19.4. The van der Waals surface area contributed by atoms with Gasteiger partial charge < -0.3 is 15.2 Å². The van der Waals surface area contributed by atoms with Gasteiger partial charge in [-0.2, -0.15) is 5.10 Å². The van der Waals surface area contributed by atoms with Crippen LogP contribution < -0.4 is 10.1 Å². The zero-order valence-corrected chi connectivity index (χ0v) is 18.2. The van der Waals surface area contributed by atoms with Gasteiger partial charge in [0.25, 0.3) is 5.91 Å². The maximum Gasteiger partial charge on any atom is 0.573 e. The number of amides is 1. The summed E-state index contributed by atoms with van der Waals surface area (Å²) in [5.41, 5.74) is 0.839. The molecule has 4 rings (SSSR count). The molecule has 0 radical (unpaired) electrons. The monoisotopic (exact) mass is 459 g/mol. The minimum Gasteiger partial charge on any atom is -0.406 e. The molecule has 1 aliphatic rings. The van der Waals surface area contributed by atoms with Gasteiger partial charge in [-0.15, -0.1) is 13.2 Å². The standard InChI is InChI=1S/C24H24F3N3O3/c1-23(32,17-9-4-3-5-10-17)22(31)28-21-19(15-7-6-8-15)20(30(2)29-21)16-11-13-18(14-12-16)33-24(25,26)27/h3-5,9-15,32H,6-8H2,1-2H3,(H,28,29,31). The van der Waals surface area contributed by atoms with Gasteiger partial charge in [0.1, 0.15) is 5.75 Å². The average Bonchev–Trinajstić information content (AvgIpc) is 3.02. The third-order valence-corrected chi connectivity index (χ3v) is 5.97. The number of aliphatic hydroxyl groups is 1. The number of nitrogens with one attached hydrogen (secondary N) is 1. The lowest BCUT2D eigenvalue weighted by Crippen LogP contribution is -2.37. The molecule has 0 spiro atoms. The van der Waals surface area contributed by atoms with Crippen LogP contribution >= 0.6 is 0 Å². The first-order valence-electron chi connectivity index (χ1n) is 10.6. The van der Waals surface area contributed by atoms with E-state index in [0.29, 0.717) is 22.6 Å². The highest BCUT2D eigenvalue weighted by molar-refractivity contribution is 5.98. The van der Waals surface area contributed by atoms with Crippen molar-refractivity contribution < 1.29 is 27.8 Å². The Morgan fingerprint density at radius 1 is 1.12 bits per heavy atom. The molecule has 1 aliphatic carbocycles. The van der Waals surface area contributed by atoms with Gasteiger partial charge in [0.2, 0.25) is 0 Å². The fourth-order valence-electron chi connectivity index (χ4n) is 4.00. The van der Waals surface area contributed by atoms with Gasteiger partial charge in [0.05, 0.1) is 5.69 Å². The van der Waals surface area contributed by atoms with Crippen molar-refractivity contribution in [2.45, 2.75) is 44.1 Å². The summed E-state index contributed by atoms with van der Waals surface area (Å²) in [5.74, 6) is -0.440. The van der Waals surface area contributed by atoms with Gasteiger partial charge >= 0.3 is 6.36 Å². The molecule has 1 unspecified atom stereocenters. The third-order valence-electron chi connectivity index (χ3n) is 5.97. The van der Waals surface area contributed by atoms with Crippen LogP contribution in [0.15, 0.2) is 54.6 Å². The summed E-state index contributed by atoms with van der Waals surface area (Å²) in [6, 6.07) is 14.2. The molecule has 0 aliphatic heterocycles. The van der Waals surface area contributed by atoms with Gasteiger partial charge in [0.15, 0.2) is 11.4 Å². The molecule has 2 N–H and O–H groups in total. The molecule has 1 amide bonds. The van der Waals surface area contributed by atoms with Crippen molar-refractivity contribution in [3.63, 3.8) is 0 Å². The highest BCUT2D eigenvalue weighted by Gasteiger charge is 2.36. The van der Waals surface area contributed by atoms with Crippen LogP contribution in [0, 0.1) is 0 Å². The Kier molecular flexibility index (Phi) is 5.92. The van der Waals surface area contributed by atoms with Crippen LogP contribution in [-0.2, 0) is 17.4 Å². The van der Waals surface area contributed by atoms with Crippen LogP contribution in [-0.4, -0.2) is 27.2 Å². The van der Waals surface area contributed by atoms with Gasteiger partial charge in [0, 0.05) is 18.2 Å². The maximum absolute atomic E-state index is 13.0. The summed E-state index contributed by atoms with van der Waals surface area (Å²) in [4.78, 5) is 13.0. The number of carbonyl (C=O) groups excluding carboxylic acids is 1. The zero-order valence-electron chi connectivity index (χ0n) is 18.2. The topological polar surface area (TPSA) is 76.4 Å². The van der Waals surface area contributed by atoms with Crippen LogP contribution in [0.25, 0.3) is 11.3 Å². The van der Waals surface area contributed by atoms with Crippen LogP contribution in [0.4, 0.5) is 19.0 Å². The Labute approximate surface area is 189 Å². The number of alkyl halides is 3. The molecule has 2 aromatic carbocycles. The van der Waals surface area contributed by atoms with Crippen molar-refractivity contribution in [2.75, 3.05) is 5.32 Å². The van der Waals surface area contributed by atoms with E-state index >= 15 is 0 Å². The number of halogens is 3. The van der Waals surface area contributed by atoms with Crippen LogP contribution in [0.2, 0.25) is 0 Å². The molecule has 6 nitrogen and oxygen atoms in total. The Bertz CT molecular complexity index is 1140. The number of aromatic nitrogens is 2. The Hall–Kier alpha value is -3.33. The van der Waals surface area contributed by atoms with Gasteiger partial charge in [-0.1, -0.05) is 36.8 Å². The predicted octanol–water partition coefficient (Wildman–Crippen LogP) is 5.10. The van der Waals surface area contributed by atoms with E-state index in [1.165, 1.54) is 31.2 Å². The summed E-state index contributed by atoms with van der Waals surface area (Å²) < 4.78 is 43.1. The smallest absolute Gasteiger partial charge is 0.406 e. The van der Waals surface area contributed by atoms with Crippen molar-refractivity contribution in [1.82, 2.24) is 9.78 Å². The van der Waals surface area contributed by atoms with E-state index in [0.717, 1.165) is 24.8 Å². The lowest BCUT2D eigenvalue weighted by atomic mass is 9.78. The number of ether oxygens (including phenoxy) is 1. The van der Waals surface area contributed by atoms with Crippen molar-refractivity contribution in [2.24, 2.45) is 7.05 Å². The number of rotatable bonds is 6. The molecule has 1 saturated carbocycles. The molecule has 9 heteroatoms. The number of nitrogens with zero attached hydrogens (tertiary/aromatic N) is 2. The summed E-state index contributed by atoms with van der Waals surface area (Å²) in [5, 5.41) is 18.1. The average molecular weight is 459 g/mol. The van der Waals surface area contributed by atoms with Crippen molar-refractivity contribution in [3.05, 3.63) is 65.7 Å². The molecule has 1 fully saturated rings. The first-order valence-corrected chi connectivity index (χ1v) is 10.6. The molecule has 1 heterocycles. The molecular weight excluding hydrogens is 435 g/mol. The number of carbonyl (C=O) groups is 1. The van der Waals surface area contributed by atoms with Gasteiger partial charge in [-0.25, -0.2) is 0 Å². The zero-order chi connectivity index (χ0) is 23.8. The number of benzene rings is 2.